The number of hydrogen-bond donors (Lipinski definition) is 2. The van der Waals surface area contributed by atoms with Crippen molar-refractivity contribution in [3.05, 3.63) is 29.6 Å². The van der Waals surface area contributed by atoms with Crippen LogP contribution in [0.1, 0.15) is 24.9 Å². The zero-order valence-corrected chi connectivity index (χ0v) is 12.1. The van der Waals surface area contributed by atoms with Gasteiger partial charge in [-0.1, -0.05) is 12.1 Å². The van der Waals surface area contributed by atoms with Crippen molar-refractivity contribution in [2.24, 2.45) is 5.73 Å². The summed E-state index contributed by atoms with van der Waals surface area (Å²) in [4.78, 5) is 4.30. The average molecular weight is 281 g/mol. The smallest absolute Gasteiger partial charge is 0.146 e. The molecule has 1 aromatic carbocycles. The number of nitrogens with zero attached hydrogens (tertiary/aromatic N) is 2. The molecule has 0 aliphatic carbocycles. The summed E-state index contributed by atoms with van der Waals surface area (Å²) in [7, 11) is 0. The highest BCUT2D eigenvalue weighted by atomic mass is 19.1. The second-order valence-corrected chi connectivity index (χ2v) is 5.37. The number of anilines is 1. The summed E-state index contributed by atoms with van der Waals surface area (Å²) < 4.78 is 14.2. The van der Waals surface area contributed by atoms with Crippen LogP contribution in [-0.4, -0.2) is 49.3 Å². The lowest BCUT2D eigenvalue weighted by Gasteiger charge is -2.27. The van der Waals surface area contributed by atoms with Gasteiger partial charge in [-0.25, -0.2) is 4.39 Å². The molecule has 0 aromatic heterocycles. The first-order valence-corrected chi connectivity index (χ1v) is 7.25. The predicted molar refractivity (Wildman–Crippen MR) is 79.4 cm³/mol. The Hall–Kier alpha value is -1.17. The van der Waals surface area contributed by atoms with E-state index in [1.807, 2.05) is 13.0 Å². The van der Waals surface area contributed by atoms with Gasteiger partial charge in [-0.05, 0) is 31.5 Å². The number of aliphatic hydroxyl groups excluding tert-OH is 1. The SMILES string of the molecule is C[C@H](N)c1cccc(F)c1N1CCCN(CCO)CC1. The third-order valence-electron chi connectivity index (χ3n) is 3.83. The molecule has 0 bridgehead atoms. The Kier molecular flexibility index (Phi) is 5.34. The molecule has 3 N–H and O–H groups in total. The number of rotatable bonds is 4. The lowest BCUT2D eigenvalue weighted by molar-refractivity contribution is 0.204. The van der Waals surface area contributed by atoms with Gasteiger partial charge in [0.1, 0.15) is 5.82 Å². The summed E-state index contributed by atoms with van der Waals surface area (Å²) in [5.74, 6) is -0.199. The Morgan fingerprint density at radius 1 is 1.30 bits per heavy atom. The third kappa shape index (κ3) is 3.48. The molecule has 2 rings (SSSR count). The van der Waals surface area contributed by atoms with Gasteiger partial charge in [-0.15, -0.1) is 0 Å². The van der Waals surface area contributed by atoms with Crippen molar-refractivity contribution in [3.8, 4) is 0 Å². The minimum atomic E-state index is -0.199. The predicted octanol–water partition coefficient (Wildman–Crippen LogP) is 1.35. The number of β-amino-alcohol motifs (C(OH)–C–C–N with tert-alkyl or cyclic N) is 1. The standard InChI is InChI=1S/C15H24FN3O/c1-12(17)13-4-2-5-14(16)15(13)19-7-3-6-18(8-9-19)10-11-20/h2,4-5,12,20H,3,6-11,17H2,1H3/t12-/m0/s1. The van der Waals surface area contributed by atoms with Crippen LogP contribution in [0.4, 0.5) is 10.1 Å². The Morgan fingerprint density at radius 2 is 2.10 bits per heavy atom. The zero-order chi connectivity index (χ0) is 14.5. The number of nitrogens with two attached hydrogens (primary N) is 1. The second kappa shape index (κ2) is 7.02. The van der Waals surface area contributed by atoms with Gasteiger partial charge in [-0.3, -0.25) is 4.90 Å². The summed E-state index contributed by atoms with van der Waals surface area (Å²) in [5.41, 5.74) is 7.48. The Morgan fingerprint density at radius 3 is 2.80 bits per heavy atom. The number of aliphatic hydroxyl groups is 1. The van der Waals surface area contributed by atoms with Crippen LogP contribution in [-0.2, 0) is 0 Å². The Labute approximate surface area is 120 Å². The monoisotopic (exact) mass is 281 g/mol. The topological polar surface area (TPSA) is 52.7 Å². The summed E-state index contributed by atoms with van der Waals surface area (Å²) in [6, 6.07) is 4.93. The summed E-state index contributed by atoms with van der Waals surface area (Å²) in [5, 5.41) is 9.02. The molecule has 20 heavy (non-hydrogen) atoms. The van der Waals surface area contributed by atoms with E-state index < -0.39 is 0 Å². The molecule has 1 heterocycles. The molecule has 1 aromatic rings. The van der Waals surface area contributed by atoms with Gasteiger partial charge in [0.2, 0.25) is 0 Å². The van der Waals surface area contributed by atoms with E-state index >= 15 is 0 Å². The highest BCUT2D eigenvalue weighted by Gasteiger charge is 2.21. The summed E-state index contributed by atoms with van der Waals surface area (Å²) in [6.45, 7) is 6.11. The zero-order valence-electron chi connectivity index (χ0n) is 12.1. The molecule has 1 aliphatic heterocycles. The maximum atomic E-state index is 14.2. The minimum Gasteiger partial charge on any atom is -0.395 e. The van der Waals surface area contributed by atoms with Crippen LogP contribution in [0.5, 0.6) is 0 Å². The van der Waals surface area contributed by atoms with Gasteiger partial charge < -0.3 is 15.7 Å². The van der Waals surface area contributed by atoms with E-state index in [1.54, 1.807) is 6.07 Å². The van der Waals surface area contributed by atoms with Gasteiger partial charge >= 0.3 is 0 Å². The molecule has 0 amide bonds. The number of halogens is 1. The lowest BCUT2D eigenvalue weighted by atomic mass is 10.1. The fourth-order valence-corrected chi connectivity index (χ4v) is 2.79. The molecule has 4 nitrogen and oxygen atoms in total. The fraction of sp³-hybridized carbons (Fsp3) is 0.600. The minimum absolute atomic E-state index is 0.171. The highest BCUT2D eigenvalue weighted by molar-refractivity contribution is 5.56. The highest BCUT2D eigenvalue weighted by Crippen LogP contribution is 2.29. The molecule has 0 radical (unpaired) electrons. The van der Waals surface area contributed by atoms with Crippen molar-refractivity contribution in [2.45, 2.75) is 19.4 Å². The van der Waals surface area contributed by atoms with Crippen LogP contribution >= 0.6 is 0 Å². The normalized spacial score (nSPS) is 18.9. The van der Waals surface area contributed by atoms with Gasteiger partial charge in [0.05, 0.1) is 12.3 Å². The molecule has 1 atom stereocenters. The second-order valence-electron chi connectivity index (χ2n) is 5.37. The molecule has 1 saturated heterocycles. The first-order chi connectivity index (χ1) is 9.63. The number of hydrogen-bond acceptors (Lipinski definition) is 4. The van der Waals surface area contributed by atoms with Gasteiger partial charge in [-0.2, -0.15) is 0 Å². The summed E-state index contributed by atoms with van der Waals surface area (Å²) in [6.07, 6.45) is 0.965. The molecule has 0 saturated carbocycles. The van der Waals surface area contributed by atoms with E-state index in [4.69, 9.17) is 10.8 Å². The first-order valence-electron chi connectivity index (χ1n) is 7.25. The molecular formula is C15H24FN3O. The third-order valence-corrected chi connectivity index (χ3v) is 3.83. The number of benzene rings is 1. The van der Waals surface area contributed by atoms with E-state index in [2.05, 4.69) is 9.80 Å². The van der Waals surface area contributed by atoms with Crippen molar-refractivity contribution in [2.75, 3.05) is 44.2 Å². The van der Waals surface area contributed by atoms with Gasteiger partial charge in [0.25, 0.3) is 0 Å². The Bertz CT molecular complexity index is 439. The van der Waals surface area contributed by atoms with E-state index in [9.17, 15) is 4.39 Å². The quantitative estimate of drug-likeness (QED) is 0.875. The van der Waals surface area contributed by atoms with Crippen LogP contribution in [0.25, 0.3) is 0 Å². The molecule has 5 heteroatoms. The number of para-hydroxylation sites is 1. The van der Waals surface area contributed by atoms with Gasteiger partial charge in [0.15, 0.2) is 0 Å². The lowest BCUT2D eigenvalue weighted by Crippen LogP contribution is -2.33. The van der Waals surface area contributed by atoms with E-state index in [1.165, 1.54) is 6.07 Å². The van der Waals surface area contributed by atoms with Crippen LogP contribution in [0, 0.1) is 5.82 Å². The molecule has 1 aliphatic rings. The molecule has 0 unspecified atom stereocenters. The van der Waals surface area contributed by atoms with Crippen molar-refractivity contribution in [1.82, 2.24) is 4.90 Å². The van der Waals surface area contributed by atoms with Crippen LogP contribution < -0.4 is 10.6 Å². The average Bonchev–Trinajstić information content (AvgIpc) is 2.64. The van der Waals surface area contributed by atoms with Crippen molar-refractivity contribution < 1.29 is 9.50 Å². The first kappa shape index (κ1) is 15.2. The summed E-state index contributed by atoms with van der Waals surface area (Å²) >= 11 is 0. The molecule has 112 valence electrons. The van der Waals surface area contributed by atoms with E-state index in [-0.39, 0.29) is 18.5 Å². The van der Waals surface area contributed by atoms with Crippen LogP contribution in [0.2, 0.25) is 0 Å². The van der Waals surface area contributed by atoms with Crippen molar-refractivity contribution in [3.63, 3.8) is 0 Å². The fourth-order valence-electron chi connectivity index (χ4n) is 2.79. The van der Waals surface area contributed by atoms with Crippen molar-refractivity contribution in [1.29, 1.82) is 0 Å². The molecule has 1 fully saturated rings. The van der Waals surface area contributed by atoms with Crippen LogP contribution in [0.15, 0.2) is 18.2 Å². The van der Waals surface area contributed by atoms with Crippen LogP contribution in [0.3, 0.4) is 0 Å². The molecule has 0 spiro atoms. The van der Waals surface area contributed by atoms with Gasteiger partial charge in [0, 0.05) is 32.2 Å². The van der Waals surface area contributed by atoms with Crippen molar-refractivity contribution >= 4 is 5.69 Å². The van der Waals surface area contributed by atoms with E-state index in [0.717, 1.165) is 38.2 Å². The van der Waals surface area contributed by atoms with E-state index in [0.29, 0.717) is 12.2 Å². The maximum Gasteiger partial charge on any atom is 0.146 e. The largest absolute Gasteiger partial charge is 0.395 e. The molecular weight excluding hydrogens is 257 g/mol. The Balaban J connectivity index is 2.19. The maximum absolute atomic E-state index is 14.2.